The molecule has 9 nitrogen and oxygen atoms in total. The van der Waals surface area contributed by atoms with Gasteiger partial charge < -0.3 is 5.11 Å². The van der Waals surface area contributed by atoms with Crippen LogP contribution in [-0.2, 0) is 31.2 Å². The Morgan fingerprint density at radius 1 is 1.40 bits per heavy atom. The van der Waals surface area contributed by atoms with E-state index in [9.17, 15) is 21.6 Å². The number of carboxylic acids is 1. The molecule has 0 aliphatic rings. The van der Waals surface area contributed by atoms with Gasteiger partial charge in [-0.05, 0) is 6.42 Å². The highest BCUT2D eigenvalue weighted by molar-refractivity contribution is 7.90. The summed E-state index contributed by atoms with van der Waals surface area (Å²) in [7, 11) is -6.95. The number of sulfonamides is 1. The van der Waals surface area contributed by atoms with Gasteiger partial charge in [-0.25, -0.2) is 21.6 Å². The Balaban J connectivity index is 2.60. The van der Waals surface area contributed by atoms with Crippen molar-refractivity contribution in [2.75, 3.05) is 18.6 Å². The van der Waals surface area contributed by atoms with E-state index in [1.807, 2.05) is 0 Å². The van der Waals surface area contributed by atoms with Crippen LogP contribution in [0.3, 0.4) is 0 Å². The number of hydrogen-bond acceptors (Lipinski definition) is 6. The lowest BCUT2D eigenvalue weighted by Gasteiger charge is -2.03. The average Bonchev–Trinajstić information content (AvgIpc) is 2.71. The molecule has 20 heavy (non-hydrogen) atoms. The van der Waals surface area contributed by atoms with E-state index in [0.29, 0.717) is 0 Å². The molecule has 0 bridgehead atoms. The quantitative estimate of drug-likeness (QED) is 0.566. The second-order valence-corrected chi connectivity index (χ2v) is 8.18. The summed E-state index contributed by atoms with van der Waals surface area (Å²) in [5.41, 5.74) is 0. The van der Waals surface area contributed by atoms with Crippen LogP contribution in [0.4, 0.5) is 0 Å². The third-order valence-corrected chi connectivity index (χ3v) is 4.65. The van der Waals surface area contributed by atoms with Crippen LogP contribution in [0.2, 0.25) is 0 Å². The summed E-state index contributed by atoms with van der Waals surface area (Å²) in [4.78, 5) is 10.3. The molecule has 1 rings (SSSR count). The van der Waals surface area contributed by atoms with E-state index in [1.54, 1.807) is 0 Å². The van der Waals surface area contributed by atoms with Crippen molar-refractivity contribution in [3.63, 3.8) is 0 Å². The first-order valence-corrected chi connectivity index (χ1v) is 9.06. The van der Waals surface area contributed by atoms with Crippen molar-refractivity contribution >= 4 is 25.8 Å². The summed E-state index contributed by atoms with van der Waals surface area (Å²) in [6.07, 6.45) is 3.34. The zero-order chi connectivity index (χ0) is 15.4. The SMILES string of the molecule is CS(=O)(=O)CCCNS(=O)(=O)c1cnn(CC(=O)O)c1. The Bertz CT molecular complexity index is 676. The highest BCUT2D eigenvalue weighted by atomic mass is 32.2. The van der Waals surface area contributed by atoms with Crippen LogP contribution in [0.15, 0.2) is 17.3 Å². The Hall–Kier alpha value is -1.46. The minimum absolute atomic E-state index is 0.0283. The first kappa shape index (κ1) is 16.6. The lowest BCUT2D eigenvalue weighted by Crippen LogP contribution is -2.26. The van der Waals surface area contributed by atoms with Crippen molar-refractivity contribution in [3.8, 4) is 0 Å². The van der Waals surface area contributed by atoms with Gasteiger partial charge in [-0.15, -0.1) is 0 Å². The summed E-state index contributed by atoms with van der Waals surface area (Å²) in [6, 6.07) is 0. The van der Waals surface area contributed by atoms with Crippen LogP contribution in [0.25, 0.3) is 0 Å². The number of sulfone groups is 1. The molecule has 114 valence electrons. The number of hydrogen-bond donors (Lipinski definition) is 2. The van der Waals surface area contributed by atoms with E-state index in [2.05, 4.69) is 9.82 Å². The van der Waals surface area contributed by atoms with Crippen molar-refractivity contribution in [1.82, 2.24) is 14.5 Å². The predicted molar refractivity (Wildman–Crippen MR) is 69.4 cm³/mol. The lowest BCUT2D eigenvalue weighted by molar-refractivity contribution is -0.137. The largest absolute Gasteiger partial charge is 0.480 e. The number of aliphatic carboxylic acids is 1. The molecular weight excluding hydrogens is 310 g/mol. The Morgan fingerprint density at radius 3 is 2.60 bits per heavy atom. The summed E-state index contributed by atoms with van der Waals surface area (Å²) in [5, 5.41) is 12.2. The molecule has 0 fully saturated rings. The van der Waals surface area contributed by atoms with Crippen molar-refractivity contribution in [2.24, 2.45) is 0 Å². The molecule has 0 aliphatic carbocycles. The Labute approximate surface area is 116 Å². The molecule has 0 unspecified atom stereocenters. The van der Waals surface area contributed by atoms with E-state index in [-0.39, 0.29) is 23.6 Å². The molecule has 2 N–H and O–H groups in total. The van der Waals surface area contributed by atoms with Crippen LogP contribution in [0, 0.1) is 0 Å². The highest BCUT2D eigenvalue weighted by Crippen LogP contribution is 2.06. The number of carboxylic acid groups (broad SMARTS) is 1. The fourth-order valence-electron chi connectivity index (χ4n) is 1.33. The van der Waals surface area contributed by atoms with Gasteiger partial charge in [-0.2, -0.15) is 5.10 Å². The molecule has 0 amide bonds. The molecule has 0 aliphatic heterocycles. The van der Waals surface area contributed by atoms with Crippen molar-refractivity contribution < 1.29 is 26.7 Å². The number of carbonyl (C=O) groups is 1. The first-order chi connectivity index (χ1) is 9.10. The molecule has 0 saturated carbocycles. The normalized spacial score (nSPS) is 12.4. The van der Waals surface area contributed by atoms with E-state index >= 15 is 0 Å². The van der Waals surface area contributed by atoms with Crippen molar-refractivity contribution in [3.05, 3.63) is 12.4 Å². The number of aromatic nitrogens is 2. The highest BCUT2D eigenvalue weighted by Gasteiger charge is 2.16. The molecule has 0 saturated heterocycles. The average molecular weight is 325 g/mol. The first-order valence-electron chi connectivity index (χ1n) is 5.52. The van der Waals surface area contributed by atoms with Gasteiger partial charge in [0, 0.05) is 19.0 Å². The standard InChI is InChI=1S/C9H15N3O6S2/c1-19(15,16)4-2-3-11-20(17,18)8-5-10-12(6-8)7-9(13)14/h5-6,11H,2-4,7H2,1H3,(H,13,14). The third kappa shape index (κ3) is 5.67. The van der Waals surface area contributed by atoms with Crippen LogP contribution in [-0.4, -0.2) is 56.2 Å². The van der Waals surface area contributed by atoms with E-state index in [4.69, 9.17) is 5.11 Å². The van der Waals surface area contributed by atoms with Crippen LogP contribution < -0.4 is 4.72 Å². The second kappa shape index (κ2) is 6.33. The Morgan fingerprint density at radius 2 is 2.05 bits per heavy atom. The molecule has 1 heterocycles. The zero-order valence-electron chi connectivity index (χ0n) is 10.7. The molecule has 1 aromatic heterocycles. The van der Waals surface area contributed by atoms with Gasteiger partial charge in [0.1, 0.15) is 21.3 Å². The molecule has 0 atom stereocenters. The van der Waals surface area contributed by atoms with Crippen LogP contribution >= 0.6 is 0 Å². The molecule has 0 spiro atoms. The summed E-state index contributed by atoms with van der Waals surface area (Å²) < 4.78 is 48.6. The van der Waals surface area contributed by atoms with Crippen molar-refractivity contribution in [1.29, 1.82) is 0 Å². The van der Waals surface area contributed by atoms with Gasteiger partial charge in [0.2, 0.25) is 10.0 Å². The maximum atomic E-state index is 11.8. The molecule has 11 heteroatoms. The second-order valence-electron chi connectivity index (χ2n) is 4.15. The van der Waals surface area contributed by atoms with E-state index in [0.717, 1.165) is 23.3 Å². The minimum atomic E-state index is -3.81. The lowest BCUT2D eigenvalue weighted by atomic mass is 10.5. The summed E-state index contributed by atoms with van der Waals surface area (Å²) >= 11 is 0. The summed E-state index contributed by atoms with van der Waals surface area (Å²) in [5.74, 6) is -1.26. The predicted octanol–water partition coefficient (Wildman–Crippen LogP) is -1.32. The van der Waals surface area contributed by atoms with Crippen molar-refractivity contribution in [2.45, 2.75) is 17.9 Å². The number of rotatable bonds is 8. The maximum Gasteiger partial charge on any atom is 0.325 e. The molecular formula is C9H15N3O6S2. The van der Waals surface area contributed by atoms with E-state index in [1.165, 1.54) is 0 Å². The van der Waals surface area contributed by atoms with E-state index < -0.39 is 32.4 Å². The summed E-state index contributed by atoms with van der Waals surface area (Å²) in [6.45, 7) is -0.469. The third-order valence-electron chi connectivity index (χ3n) is 2.20. The van der Waals surface area contributed by atoms with Gasteiger partial charge in [0.25, 0.3) is 0 Å². The van der Waals surface area contributed by atoms with Crippen LogP contribution in [0.1, 0.15) is 6.42 Å². The van der Waals surface area contributed by atoms with Gasteiger partial charge >= 0.3 is 5.97 Å². The van der Waals surface area contributed by atoms with Gasteiger partial charge in [0.05, 0.1) is 11.9 Å². The minimum Gasteiger partial charge on any atom is -0.480 e. The smallest absolute Gasteiger partial charge is 0.325 e. The van der Waals surface area contributed by atoms with Gasteiger partial charge in [0.15, 0.2) is 0 Å². The fourth-order valence-corrected chi connectivity index (χ4v) is 3.03. The molecule has 0 radical (unpaired) electrons. The maximum absolute atomic E-state index is 11.8. The monoisotopic (exact) mass is 325 g/mol. The van der Waals surface area contributed by atoms with Crippen LogP contribution in [0.5, 0.6) is 0 Å². The topological polar surface area (TPSA) is 135 Å². The van der Waals surface area contributed by atoms with Gasteiger partial charge in [-0.3, -0.25) is 9.48 Å². The fraction of sp³-hybridized carbons (Fsp3) is 0.556. The molecule has 0 aromatic carbocycles. The Kier molecular flexibility index (Phi) is 5.25. The zero-order valence-corrected chi connectivity index (χ0v) is 12.3. The van der Waals surface area contributed by atoms with Gasteiger partial charge in [-0.1, -0.05) is 0 Å². The number of nitrogens with one attached hydrogen (secondary N) is 1. The molecule has 1 aromatic rings. The number of nitrogens with zero attached hydrogens (tertiary/aromatic N) is 2.